The summed E-state index contributed by atoms with van der Waals surface area (Å²) in [5, 5.41) is 12.9. The molecule has 0 radical (unpaired) electrons. The van der Waals surface area contributed by atoms with Crippen molar-refractivity contribution in [2.45, 2.75) is 101 Å². The van der Waals surface area contributed by atoms with Gasteiger partial charge in [0.25, 0.3) is 0 Å². The number of carbonyl (C=O) groups is 1. The fourth-order valence-electron chi connectivity index (χ4n) is 3.72. The summed E-state index contributed by atoms with van der Waals surface area (Å²) in [5.74, 6) is 1.14. The predicted molar refractivity (Wildman–Crippen MR) is 112 cm³/mol. The molecule has 0 aliphatic heterocycles. The van der Waals surface area contributed by atoms with E-state index in [-0.39, 0.29) is 17.2 Å². The van der Waals surface area contributed by atoms with Crippen LogP contribution >= 0.6 is 11.8 Å². The first-order valence-corrected chi connectivity index (χ1v) is 11.4. The molecule has 1 heterocycles. The maximum absolute atomic E-state index is 12.6. The smallest absolute Gasteiger partial charge is 0.233 e. The molecule has 1 fully saturated rings. The molecule has 1 amide bonds. The molecule has 1 aromatic rings. The molecule has 27 heavy (non-hydrogen) atoms. The molecular formula is C20H37N5OS. The minimum absolute atomic E-state index is 0.123. The molecule has 154 valence electrons. The quantitative estimate of drug-likeness (QED) is 0.606. The Morgan fingerprint density at radius 1 is 1.26 bits per heavy atom. The SMILES string of the molecule is CCCCn1c(SC(C)C(=O)NC2CCCCC2)nnc1C(CC)N(C)C. The second kappa shape index (κ2) is 11.1. The zero-order valence-corrected chi connectivity index (χ0v) is 18.5. The van der Waals surface area contributed by atoms with Gasteiger partial charge in [-0.15, -0.1) is 10.2 Å². The minimum Gasteiger partial charge on any atom is -0.352 e. The Kier molecular flexibility index (Phi) is 9.09. The first-order chi connectivity index (χ1) is 13.0. The van der Waals surface area contributed by atoms with E-state index in [2.05, 4.69) is 52.9 Å². The Balaban J connectivity index is 2.09. The summed E-state index contributed by atoms with van der Waals surface area (Å²) in [5.41, 5.74) is 0. The Labute approximate surface area is 168 Å². The van der Waals surface area contributed by atoms with Crippen molar-refractivity contribution < 1.29 is 4.79 Å². The monoisotopic (exact) mass is 395 g/mol. The van der Waals surface area contributed by atoms with E-state index in [0.29, 0.717) is 6.04 Å². The van der Waals surface area contributed by atoms with Gasteiger partial charge in [-0.25, -0.2) is 0 Å². The number of nitrogens with one attached hydrogen (secondary N) is 1. The third kappa shape index (κ3) is 6.21. The number of amides is 1. The van der Waals surface area contributed by atoms with Crippen LogP contribution in [0.2, 0.25) is 0 Å². The molecular weight excluding hydrogens is 358 g/mol. The molecule has 6 nitrogen and oxygen atoms in total. The number of hydrogen-bond acceptors (Lipinski definition) is 5. The number of unbranched alkanes of at least 4 members (excludes halogenated alkanes) is 1. The van der Waals surface area contributed by atoms with Crippen molar-refractivity contribution in [1.82, 2.24) is 25.0 Å². The number of nitrogens with zero attached hydrogens (tertiary/aromatic N) is 4. The highest BCUT2D eigenvalue weighted by Crippen LogP contribution is 2.28. The van der Waals surface area contributed by atoms with Crippen LogP contribution in [0.15, 0.2) is 5.16 Å². The normalized spacial score (nSPS) is 17.9. The molecule has 2 rings (SSSR count). The maximum atomic E-state index is 12.6. The van der Waals surface area contributed by atoms with Crippen LogP contribution in [0.5, 0.6) is 0 Å². The van der Waals surface area contributed by atoms with Gasteiger partial charge in [-0.2, -0.15) is 0 Å². The molecule has 0 aromatic carbocycles. The lowest BCUT2D eigenvalue weighted by atomic mass is 9.95. The lowest BCUT2D eigenvalue weighted by Crippen LogP contribution is -2.40. The largest absolute Gasteiger partial charge is 0.352 e. The Morgan fingerprint density at radius 2 is 1.96 bits per heavy atom. The van der Waals surface area contributed by atoms with Gasteiger partial charge in [0, 0.05) is 12.6 Å². The first kappa shape index (κ1) is 22.2. The second-order valence-corrected chi connectivity index (χ2v) is 9.15. The van der Waals surface area contributed by atoms with Crippen LogP contribution in [0.4, 0.5) is 0 Å². The summed E-state index contributed by atoms with van der Waals surface area (Å²) in [6.45, 7) is 7.25. The molecule has 2 unspecified atom stereocenters. The van der Waals surface area contributed by atoms with E-state index in [1.54, 1.807) is 0 Å². The van der Waals surface area contributed by atoms with Crippen molar-refractivity contribution in [3.05, 3.63) is 5.82 Å². The van der Waals surface area contributed by atoms with E-state index in [4.69, 9.17) is 0 Å². The Morgan fingerprint density at radius 3 is 2.56 bits per heavy atom. The predicted octanol–water partition coefficient (Wildman–Crippen LogP) is 4.02. The topological polar surface area (TPSA) is 63.1 Å². The van der Waals surface area contributed by atoms with Crippen molar-refractivity contribution >= 4 is 17.7 Å². The van der Waals surface area contributed by atoms with E-state index in [1.807, 2.05) is 6.92 Å². The van der Waals surface area contributed by atoms with Crippen molar-refractivity contribution in [1.29, 1.82) is 0 Å². The standard InChI is InChI=1S/C20H37N5OS/c1-6-8-14-25-18(17(7-2)24(4)5)22-23-20(25)27-15(3)19(26)21-16-12-10-9-11-13-16/h15-17H,6-14H2,1-5H3,(H,21,26). The summed E-state index contributed by atoms with van der Waals surface area (Å²) in [6.07, 6.45) is 9.17. The Hall–Kier alpha value is -1.08. The third-order valence-corrected chi connectivity index (χ3v) is 6.47. The van der Waals surface area contributed by atoms with Gasteiger partial charge in [0.15, 0.2) is 11.0 Å². The average Bonchev–Trinajstić information content (AvgIpc) is 3.03. The van der Waals surface area contributed by atoms with Gasteiger partial charge in [-0.05, 0) is 46.7 Å². The van der Waals surface area contributed by atoms with Crippen molar-refractivity contribution in [2.75, 3.05) is 14.1 Å². The molecule has 1 N–H and O–H groups in total. The molecule has 1 saturated carbocycles. The highest BCUT2D eigenvalue weighted by atomic mass is 32.2. The lowest BCUT2D eigenvalue weighted by Gasteiger charge is -2.25. The highest BCUT2D eigenvalue weighted by Gasteiger charge is 2.25. The van der Waals surface area contributed by atoms with Gasteiger partial charge < -0.3 is 9.88 Å². The molecule has 1 aliphatic carbocycles. The van der Waals surface area contributed by atoms with E-state index >= 15 is 0 Å². The highest BCUT2D eigenvalue weighted by molar-refractivity contribution is 8.00. The second-order valence-electron chi connectivity index (χ2n) is 7.84. The van der Waals surface area contributed by atoms with Gasteiger partial charge >= 0.3 is 0 Å². The van der Waals surface area contributed by atoms with Gasteiger partial charge in [0.2, 0.25) is 5.91 Å². The minimum atomic E-state index is -0.163. The van der Waals surface area contributed by atoms with E-state index in [0.717, 1.165) is 49.6 Å². The summed E-state index contributed by atoms with van der Waals surface area (Å²) < 4.78 is 2.23. The zero-order valence-electron chi connectivity index (χ0n) is 17.7. The number of thioether (sulfide) groups is 1. The van der Waals surface area contributed by atoms with Crippen molar-refractivity contribution in [3.63, 3.8) is 0 Å². The summed E-state index contributed by atoms with van der Waals surface area (Å²) in [7, 11) is 4.17. The molecule has 0 bridgehead atoms. The molecule has 7 heteroatoms. The molecule has 0 spiro atoms. The van der Waals surface area contributed by atoms with Crippen molar-refractivity contribution in [3.8, 4) is 0 Å². The van der Waals surface area contributed by atoms with E-state index < -0.39 is 0 Å². The Bertz CT molecular complexity index is 583. The van der Waals surface area contributed by atoms with Crippen LogP contribution in [0.25, 0.3) is 0 Å². The van der Waals surface area contributed by atoms with Crippen LogP contribution in [0.1, 0.15) is 84.0 Å². The van der Waals surface area contributed by atoms with Crippen molar-refractivity contribution in [2.24, 2.45) is 0 Å². The molecule has 1 aliphatic rings. The average molecular weight is 396 g/mol. The summed E-state index contributed by atoms with van der Waals surface area (Å²) >= 11 is 1.54. The lowest BCUT2D eigenvalue weighted by molar-refractivity contribution is -0.121. The van der Waals surface area contributed by atoms with Crippen LogP contribution < -0.4 is 5.32 Å². The zero-order chi connectivity index (χ0) is 19.8. The van der Waals surface area contributed by atoms with Crippen LogP contribution in [-0.2, 0) is 11.3 Å². The van der Waals surface area contributed by atoms with Gasteiger partial charge in [-0.3, -0.25) is 9.69 Å². The molecule has 1 aromatic heterocycles. The maximum Gasteiger partial charge on any atom is 0.233 e. The molecule has 2 atom stereocenters. The number of hydrogen-bond donors (Lipinski definition) is 1. The fourth-order valence-corrected chi connectivity index (χ4v) is 4.61. The van der Waals surface area contributed by atoms with Gasteiger partial charge in [0.05, 0.1) is 11.3 Å². The molecule has 0 saturated heterocycles. The van der Waals surface area contributed by atoms with E-state index in [1.165, 1.54) is 31.0 Å². The first-order valence-electron chi connectivity index (χ1n) is 10.5. The van der Waals surface area contributed by atoms with Gasteiger partial charge in [-0.1, -0.05) is 51.3 Å². The van der Waals surface area contributed by atoms with Crippen LogP contribution in [0, 0.1) is 0 Å². The summed E-state index contributed by atoms with van der Waals surface area (Å²) in [4.78, 5) is 14.8. The third-order valence-electron chi connectivity index (χ3n) is 5.39. The number of carbonyl (C=O) groups excluding carboxylic acids is 1. The number of aromatic nitrogens is 3. The van der Waals surface area contributed by atoms with Crippen LogP contribution in [0.3, 0.4) is 0 Å². The number of rotatable bonds is 10. The van der Waals surface area contributed by atoms with E-state index in [9.17, 15) is 4.79 Å². The van der Waals surface area contributed by atoms with Crippen LogP contribution in [-0.4, -0.2) is 51.0 Å². The summed E-state index contributed by atoms with van der Waals surface area (Å²) in [6, 6.07) is 0.594. The fraction of sp³-hybridized carbons (Fsp3) is 0.850. The van der Waals surface area contributed by atoms with Gasteiger partial charge in [0.1, 0.15) is 0 Å².